The Kier molecular flexibility index (Phi) is 6.44. The van der Waals surface area contributed by atoms with Crippen molar-refractivity contribution in [2.45, 2.75) is 39.0 Å². The Morgan fingerprint density at radius 3 is 2.30 bits per heavy atom. The van der Waals surface area contributed by atoms with Crippen molar-refractivity contribution in [3.8, 4) is 5.75 Å². The zero-order chi connectivity index (χ0) is 16.7. The molecule has 0 saturated heterocycles. The summed E-state index contributed by atoms with van der Waals surface area (Å²) >= 11 is 0. The molecule has 1 saturated carbocycles. The van der Waals surface area contributed by atoms with E-state index in [4.69, 9.17) is 4.74 Å². The molecule has 0 atom stereocenters. The van der Waals surface area contributed by atoms with Crippen molar-refractivity contribution in [1.29, 1.82) is 0 Å². The molecule has 0 heterocycles. The highest BCUT2D eigenvalue weighted by Crippen LogP contribution is 2.31. The predicted molar refractivity (Wildman–Crippen MR) is 90.4 cm³/mol. The second kappa shape index (κ2) is 8.56. The fraction of sp³-hybridized carbons (Fsp3) is 0.556. The van der Waals surface area contributed by atoms with Gasteiger partial charge in [-0.3, -0.25) is 9.59 Å². The summed E-state index contributed by atoms with van der Waals surface area (Å²) in [6, 6.07) is 7.40. The van der Waals surface area contributed by atoms with Gasteiger partial charge in [0.1, 0.15) is 5.75 Å². The van der Waals surface area contributed by atoms with Crippen LogP contribution in [0, 0.1) is 11.8 Å². The van der Waals surface area contributed by atoms with Gasteiger partial charge in [0.2, 0.25) is 11.8 Å². The lowest BCUT2D eigenvalue weighted by atomic mass is 9.81. The number of benzene rings is 1. The van der Waals surface area contributed by atoms with Crippen LogP contribution in [0.15, 0.2) is 24.3 Å². The first-order valence-corrected chi connectivity index (χ1v) is 8.37. The normalized spacial score (nSPS) is 20.6. The number of nitrogens with one attached hydrogen (secondary N) is 2. The van der Waals surface area contributed by atoms with E-state index >= 15 is 0 Å². The third-order valence-corrected chi connectivity index (χ3v) is 4.38. The minimum Gasteiger partial charge on any atom is -0.495 e. The van der Waals surface area contributed by atoms with Crippen LogP contribution in [-0.4, -0.2) is 25.5 Å². The summed E-state index contributed by atoms with van der Waals surface area (Å²) in [6.07, 6.45) is 4.01. The number of para-hydroxylation sites is 2. The summed E-state index contributed by atoms with van der Waals surface area (Å²) in [5, 5.41) is 5.89. The van der Waals surface area contributed by atoms with Crippen LogP contribution in [0.3, 0.4) is 0 Å². The first-order valence-electron chi connectivity index (χ1n) is 8.37. The van der Waals surface area contributed by atoms with E-state index in [0.29, 0.717) is 11.4 Å². The van der Waals surface area contributed by atoms with Crippen molar-refractivity contribution >= 4 is 17.5 Å². The molecule has 0 bridgehead atoms. The molecule has 1 aromatic carbocycles. The highest BCUT2D eigenvalue weighted by molar-refractivity contribution is 5.94. The summed E-state index contributed by atoms with van der Waals surface area (Å²) in [4.78, 5) is 24.4. The smallest absolute Gasteiger partial charge is 0.227 e. The standard InChI is InChI=1S/C18H26N2O3/c1-3-12-19-17(21)13-8-10-14(11-9-13)18(22)20-15-6-4-5-7-16(15)23-2/h4-7,13-14H,3,8-12H2,1-2H3,(H,19,21)(H,20,22). The molecule has 5 heteroatoms. The van der Waals surface area contributed by atoms with Crippen molar-refractivity contribution in [2.75, 3.05) is 19.0 Å². The molecule has 126 valence electrons. The molecular formula is C18H26N2O3. The van der Waals surface area contributed by atoms with E-state index in [1.165, 1.54) is 0 Å². The van der Waals surface area contributed by atoms with E-state index in [0.717, 1.165) is 38.6 Å². The number of carbonyl (C=O) groups excluding carboxylic acids is 2. The third-order valence-electron chi connectivity index (χ3n) is 4.38. The van der Waals surface area contributed by atoms with Crippen molar-refractivity contribution in [1.82, 2.24) is 5.32 Å². The highest BCUT2D eigenvalue weighted by Gasteiger charge is 2.30. The van der Waals surface area contributed by atoms with Gasteiger partial charge in [0.05, 0.1) is 12.8 Å². The first kappa shape index (κ1) is 17.3. The van der Waals surface area contributed by atoms with Crippen LogP contribution < -0.4 is 15.4 Å². The van der Waals surface area contributed by atoms with Crippen LogP contribution in [0.4, 0.5) is 5.69 Å². The Hall–Kier alpha value is -2.04. The number of ether oxygens (including phenoxy) is 1. The van der Waals surface area contributed by atoms with E-state index in [9.17, 15) is 9.59 Å². The maximum absolute atomic E-state index is 12.4. The monoisotopic (exact) mass is 318 g/mol. The van der Waals surface area contributed by atoms with E-state index in [1.807, 2.05) is 31.2 Å². The van der Waals surface area contributed by atoms with Crippen molar-refractivity contribution < 1.29 is 14.3 Å². The molecule has 1 aliphatic carbocycles. The van der Waals surface area contributed by atoms with Gasteiger partial charge in [-0.15, -0.1) is 0 Å². The van der Waals surface area contributed by atoms with Gasteiger partial charge in [0.25, 0.3) is 0 Å². The van der Waals surface area contributed by atoms with Crippen molar-refractivity contribution in [3.05, 3.63) is 24.3 Å². The topological polar surface area (TPSA) is 67.4 Å². The van der Waals surface area contributed by atoms with Crippen molar-refractivity contribution in [2.24, 2.45) is 11.8 Å². The second-order valence-corrected chi connectivity index (χ2v) is 6.03. The van der Waals surface area contributed by atoms with Crippen LogP contribution >= 0.6 is 0 Å². The maximum Gasteiger partial charge on any atom is 0.227 e. The molecule has 0 spiro atoms. The van der Waals surface area contributed by atoms with Gasteiger partial charge in [0.15, 0.2) is 0 Å². The molecule has 1 aliphatic rings. The zero-order valence-electron chi connectivity index (χ0n) is 13.9. The van der Waals surface area contributed by atoms with E-state index in [1.54, 1.807) is 7.11 Å². The molecule has 1 fully saturated rings. The Morgan fingerprint density at radius 2 is 1.70 bits per heavy atom. The largest absolute Gasteiger partial charge is 0.495 e. The van der Waals surface area contributed by atoms with Crippen LogP contribution in [0.25, 0.3) is 0 Å². The summed E-state index contributed by atoms with van der Waals surface area (Å²) in [6.45, 7) is 2.77. The summed E-state index contributed by atoms with van der Waals surface area (Å²) in [5.74, 6) is 0.831. The number of amides is 2. The lowest BCUT2D eigenvalue weighted by Crippen LogP contribution is -2.35. The molecule has 2 N–H and O–H groups in total. The van der Waals surface area contributed by atoms with Crippen molar-refractivity contribution in [3.63, 3.8) is 0 Å². The Labute approximate surface area is 137 Å². The zero-order valence-corrected chi connectivity index (χ0v) is 13.9. The van der Waals surface area contributed by atoms with Gasteiger partial charge in [-0.25, -0.2) is 0 Å². The Bertz CT molecular complexity index is 537. The van der Waals surface area contributed by atoms with E-state index in [2.05, 4.69) is 10.6 Å². The van der Waals surface area contributed by atoms with Gasteiger partial charge in [0, 0.05) is 18.4 Å². The summed E-state index contributed by atoms with van der Waals surface area (Å²) in [5.41, 5.74) is 0.697. The number of anilines is 1. The summed E-state index contributed by atoms with van der Waals surface area (Å²) < 4.78 is 5.25. The van der Waals surface area contributed by atoms with E-state index in [-0.39, 0.29) is 23.7 Å². The SMILES string of the molecule is CCCNC(=O)C1CCC(C(=O)Nc2ccccc2OC)CC1. The molecule has 0 aromatic heterocycles. The number of carbonyl (C=O) groups is 2. The van der Waals surface area contributed by atoms with Crippen LogP contribution in [0.1, 0.15) is 39.0 Å². The molecule has 0 radical (unpaired) electrons. The Morgan fingerprint density at radius 1 is 1.09 bits per heavy atom. The van der Waals surface area contributed by atoms with Crippen LogP contribution in [0.5, 0.6) is 5.75 Å². The Balaban J connectivity index is 1.85. The predicted octanol–water partition coefficient (Wildman–Crippen LogP) is 2.97. The average Bonchev–Trinajstić information content (AvgIpc) is 2.60. The molecular weight excluding hydrogens is 292 g/mol. The molecule has 5 nitrogen and oxygen atoms in total. The highest BCUT2D eigenvalue weighted by atomic mass is 16.5. The first-order chi connectivity index (χ1) is 11.2. The number of methoxy groups -OCH3 is 1. The van der Waals surface area contributed by atoms with E-state index < -0.39 is 0 Å². The molecule has 0 unspecified atom stereocenters. The molecule has 23 heavy (non-hydrogen) atoms. The number of hydrogen-bond donors (Lipinski definition) is 2. The van der Waals surface area contributed by atoms with Crippen LogP contribution in [0.2, 0.25) is 0 Å². The number of hydrogen-bond acceptors (Lipinski definition) is 3. The lowest BCUT2D eigenvalue weighted by Gasteiger charge is -2.27. The quantitative estimate of drug-likeness (QED) is 0.847. The fourth-order valence-electron chi connectivity index (χ4n) is 2.99. The second-order valence-electron chi connectivity index (χ2n) is 6.03. The molecule has 0 aliphatic heterocycles. The molecule has 2 amide bonds. The lowest BCUT2D eigenvalue weighted by molar-refractivity contribution is -0.128. The van der Waals surface area contributed by atoms with Gasteiger partial charge >= 0.3 is 0 Å². The minimum atomic E-state index is -0.0323. The van der Waals surface area contributed by atoms with Gasteiger partial charge in [-0.2, -0.15) is 0 Å². The third kappa shape index (κ3) is 4.71. The van der Waals surface area contributed by atoms with Crippen LogP contribution in [-0.2, 0) is 9.59 Å². The maximum atomic E-state index is 12.4. The van der Waals surface area contributed by atoms with Gasteiger partial charge in [-0.05, 0) is 44.2 Å². The fourth-order valence-corrected chi connectivity index (χ4v) is 2.99. The van der Waals surface area contributed by atoms with Gasteiger partial charge in [-0.1, -0.05) is 19.1 Å². The average molecular weight is 318 g/mol. The molecule has 2 rings (SSSR count). The summed E-state index contributed by atoms with van der Waals surface area (Å²) in [7, 11) is 1.59. The number of rotatable bonds is 6. The molecule has 1 aromatic rings. The minimum absolute atomic E-state index is 0.0157. The van der Waals surface area contributed by atoms with Gasteiger partial charge < -0.3 is 15.4 Å².